The van der Waals surface area contributed by atoms with Crippen LogP contribution in [0.4, 0.5) is 11.4 Å². The van der Waals surface area contributed by atoms with Crippen molar-refractivity contribution in [3.63, 3.8) is 0 Å². The normalized spacial score (nSPS) is 13.1. The zero-order chi connectivity index (χ0) is 37.4. The molecule has 5 heteroatoms. The Morgan fingerprint density at radius 1 is 0.564 bits per heavy atom. The molecule has 0 spiro atoms. The van der Waals surface area contributed by atoms with Gasteiger partial charge in [0.25, 0.3) is 0 Å². The van der Waals surface area contributed by atoms with Crippen LogP contribution in [0.5, 0.6) is 0 Å². The molecule has 55 heavy (non-hydrogen) atoms. The van der Waals surface area contributed by atoms with Crippen molar-refractivity contribution in [2.24, 2.45) is 0 Å². The average molecular weight is 728 g/mol. The highest BCUT2D eigenvalue weighted by Gasteiger charge is 2.29. The first-order chi connectivity index (χ1) is 26.5. The fourth-order valence-electron chi connectivity index (χ4n) is 8.77. The molecule has 0 unspecified atom stereocenters. The smallest absolute Gasteiger partial charge is 0.197 e. The summed E-state index contributed by atoms with van der Waals surface area (Å²) in [6.07, 6.45) is 0. The second-order valence-corrected chi connectivity index (χ2v) is 18.4. The zero-order valence-corrected chi connectivity index (χ0v) is 32.8. The Labute approximate surface area is 325 Å². The predicted molar refractivity (Wildman–Crippen MR) is 239 cm³/mol. The molecular formula is C50H40BN2OS. The lowest BCUT2D eigenvalue weighted by Crippen LogP contribution is -2.37. The quantitative estimate of drug-likeness (QED) is 0.184. The first-order valence-electron chi connectivity index (χ1n) is 19.2. The van der Waals surface area contributed by atoms with Gasteiger partial charge in [0.1, 0.15) is 11.2 Å². The summed E-state index contributed by atoms with van der Waals surface area (Å²) in [5.41, 5.74) is 15.2. The van der Waals surface area contributed by atoms with E-state index in [1.807, 2.05) is 17.4 Å². The molecule has 11 rings (SSSR count). The van der Waals surface area contributed by atoms with E-state index in [2.05, 4.69) is 180 Å². The predicted octanol–water partition coefficient (Wildman–Crippen LogP) is 13.0. The number of fused-ring (bicyclic) bond motifs is 11. The minimum absolute atomic E-state index is 0.0161. The van der Waals surface area contributed by atoms with E-state index >= 15 is 0 Å². The molecule has 0 bridgehead atoms. The van der Waals surface area contributed by atoms with Gasteiger partial charge in [-0.1, -0.05) is 114 Å². The van der Waals surface area contributed by atoms with Crippen LogP contribution >= 0.6 is 11.3 Å². The fourth-order valence-corrected chi connectivity index (χ4v) is 9.91. The van der Waals surface area contributed by atoms with E-state index in [9.17, 15) is 0 Å². The first kappa shape index (κ1) is 32.6. The van der Waals surface area contributed by atoms with Crippen molar-refractivity contribution in [2.75, 3.05) is 5.32 Å². The number of rotatable bonds is 3. The number of aromatic nitrogens is 1. The van der Waals surface area contributed by atoms with Crippen LogP contribution in [0.25, 0.3) is 80.7 Å². The van der Waals surface area contributed by atoms with Gasteiger partial charge in [-0.2, -0.15) is 0 Å². The number of furan rings is 1. The molecule has 1 N–H and O–H groups in total. The highest BCUT2D eigenvalue weighted by atomic mass is 32.1. The third-order valence-electron chi connectivity index (χ3n) is 11.7. The van der Waals surface area contributed by atoms with Crippen LogP contribution in [0, 0.1) is 0 Å². The Bertz CT molecular complexity index is 3220. The van der Waals surface area contributed by atoms with Crippen molar-refractivity contribution in [3.05, 3.63) is 139 Å². The van der Waals surface area contributed by atoms with Gasteiger partial charge < -0.3 is 14.3 Å². The maximum absolute atomic E-state index is 6.52. The zero-order valence-electron chi connectivity index (χ0n) is 32.0. The van der Waals surface area contributed by atoms with Gasteiger partial charge in [0.05, 0.1) is 5.52 Å². The van der Waals surface area contributed by atoms with E-state index < -0.39 is 0 Å². The van der Waals surface area contributed by atoms with Crippen LogP contribution in [0.2, 0.25) is 0 Å². The van der Waals surface area contributed by atoms with Gasteiger partial charge in [-0.25, -0.2) is 0 Å². The minimum Gasteiger partial charge on any atom is -0.456 e. The Kier molecular flexibility index (Phi) is 6.75. The number of hydrogen-bond donors (Lipinski definition) is 1. The monoisotopic (exact) mass is 727 g/mol. The first-order valence-corrected chi connectivity index (χ1v) is 20.1. The number of thiophene rings is 1. The highest BCUT2D eigenvalue weighted by Crippen LogP contribution is 2.43. The molecule has 0 amide bonds. The molecule has 7 aromatic carbocycles. The third-order valence-corrected chi connectivity index (χ3v) is 12.9. The van der Waals surface area contributed by atoms with Crippen molar-refractivity contribution < 1.29 is 4.42 Å². The molecule has 4 heterocycles. The fraction of sp³-hybridized carbons (Fsp3) is 0.160. The number of anilines is 2. The van der Waals surface area contributed by atoms with Gasteiger partial charge in [0.2, 0.25) is 0 Å². The van der Waals surface area contributed by atoms with E-state index in [4.69, 9.17) is 4.42 Å². The Morgan fingerprint density at radius 3 is 2.11 bits per heavy atom. The van der Waals surface area contributed by atoms with Gasteiger partial charge in [-0.05, 0) is 87.6 Å². The Hall–Kier alpha value is -5.78. The van der Waals surface area contributed by atoms with E-state index in [1.165, 1.54) is 75.3 Å². The third kappa shape index (κ3) is 4.95. The number of hydrogen-bond acceptors (Lipinski definition) is 3. The lowest BCUT2D eigenvalue weighted by Gasteiger charge is -2.26. The largest absolute Gasteiger partial charge is 0.456 e. The lowest BCUT2D eigenvalue weighted by atomic mass is 9.59. The van der Waals surface area contributed by atoms with Crippen LogP contribution < -0.4 is 16.2 Å². The molecule has 3 aromatic heterocycles. The molecule has 265 valence electrons. The summed E-state index contributed by atoms with van der Waals surface area (Å²) in [7, 11) is 2.45. The second kappa shape index (κ2) is 11.4. The SMILES string of the molecule is CC(C)(C)c1ccc(Nc2ccc(C(C)(C)C)cc2-c2ccc3c4cc5c(cc4n4c3c2[B]c2cc3sc6ccccc6c3cc2-4)oc2ccccc25)cc1. The van der Waals surface area contributed by atoms with Crippen molar-refractivity contribution in [2.45, 2.75) is 52.4 Å². The molecule has 1 radical (unpaired) electrons. The second-order valence-electron chi connectivity index (χ2n) is 17.3. The van der Waals surface area contributed by atoms with Crippen molar-refractivity contribution >= 4 is 105 Å². The van der Waals surface area contributed by atoms with E-state index in [0.29, 0.717) is 0 Å². The molecule has 1 aliphatic heterocycles. The molecule has 0 atom stereocenters. The van der Waals surface area contributed by atoms with Crippen molar-refractivity contribution in [3.8, 4) is 16.8 Å². The average Bonchev–Trinajstić information content (AvgIpc) is 3.82. The standard InChI is InChI=1S/C50H40BN2OS/c1-49(2,3)28-15-18-30(19-16-28)52-40-22-17-29(50(4,5)6)23-35(40)33-20-21-34-36-24-37-31-11-7-9-13-43(31)54-44(37)27-41(36)53-42-25-38-32-12-8-10-14-45(32)55-46(38)26-39(42)51-47(33)48(34)53/h7-27,52H,1-6H3. The number of nitrogens with one attached hydrogen (secondary N) is 1. The van der Waals surface area contributed by atoms with E-state index in [1.54, 1.807) is 0 Å². The molecule has 3 nitrogen and oxygen atoms in total. The summed E-state index contributed by atoms with van der Waals surface area (Å²) in [5.74, 6) is 0. The van der Waals surface area contributed by atoms with Gasteiger partial charge in [0.15, 0.2) is 7.28 Å². The summed E-state index contributed by atoms with van der Waals surface area (Å²) >= 11 is 1.88. The van der Waals surface area contributed by atoms with E-state index in [-0.39, 0.29) is 10.8 Å². The van der Waals surface area contributed by atoms with Crippen LogP contribution in [-0.4, -0.2) is 11.8 Å². The van der Waals surface area contributed by atoms with Crippen LogP contribution in [0.1, 0.15) is 52.7 Å². The molecule has 0 aliphatic carbocycles. The maximum Gasteiger partial charge on any atom is 0.197 e. The summed E-state index contributed by atoms with van der Waals surface area (Å²) < 4.78 is 11.7. The van der Waals surface area contributed by atoms with Crippen LogP contribution in [0.3, 0.4) is 0 Å². The highest BCUT2D eigenvalue weighted by molar-refractivity contribution is 7.26. The van der Waals surface area contributed by atoms with Gasteiger partial charge in [-0.3, -0.25) is 0 Å². The molecule has 10 aromatic rings. The Balaban J connectivity index is 1.20. The summed E-state index contributed by atoms with van der Waals surface area (Å²) in [6.45, 7) is 13.7. The number of para-hydroxylation sites is 1. The van der Waals surface area contributed by atoms with Crippen molar-refractivity contribution in [1.82, 2.24) is 4.57 Å². The lowest BCUT2D eigenvalue weighted by molar-refractivity contribution is 0.590. The number of benzene rings is 7. The number of nitrogens with zero attached hydrogens (tertiary/aromatic N) is 1. The maximum atomic E-state index is 6.52. The summed E-state index contributed by atoms with van der Waals surface area (Å²) in [5, 5.41) is 11.2. The summed E-state index contributed by atoms with van der Waals surface area (Å²) in [6, 6.07) is 47.2. The molecular weight excluding hydrogens is 687 g/mol. The molecule has 0 saturated carbocycles. The Morgan fingerprint density at radius 2 is 1.31 bits per heavy atom. The van der Waals surface area contributed by atoms with Crippen molar-refractivity contribution in [1.29, 1.82) is 0 Å². The molecule has 0 saturated heterocycles. The van der Waals surface area contributed by atoms with Crippen LogP contribution in [0.15, 0.2) is 132 Å². The molecule has 0 fully saturated rings. The van der Waals surface area contributed by atoms with Gasteiger partial charge >= 0.3 is 0 Å². The van der Waals surface area contributed by atoms with Gasteiger partial charge in [0, 0.05) is 75.9 Å². The molecule has 1 aliphatic rings. The minimum atomic E-state index is -0.0161. The van der Waals surface area contributed by atoms with E-state index in [0.717, 1.165) is 38.8 Å². The van der Waals surface area contributed by atoms with Gasteiger partial charge in [-0.15, -0.1) is 11.3 Å². The topological polar surface area (TPSA) is 30.1 Å². The van der Waals surface area contributed by atoms with Crippen LogP contribution in [-0.2, 0) is 10.8 Å². The summed E-state index contributed by atoms with van der Waals surface area (Å²) in [4.78, 5) is 0.